The van der Waals surface area contributed by atoms with Gasteiger partial charge in [-0.15, -0.1) is 13.0 Å². The van der Waals surface area contributed by atoms with Crippen molar-refractivity contribution in [3.63, 3.8) is 0 Å². The Morgan fingerprint density at radius 2 is 1.90 bits per heavy atom. The van der Waals surface area contributed by atoms with Crippen molar-refractivity contribution in [1.29, 1.82) is 0 Å². The third-order valence-electron chi connectivity index (χ3n) is 11.8. The van der Waals surface area contributed by atoms with Gasteiger partial charge in [0.05, 0.1) is 29.1 Å². The van der Waals surface area contributed by atoms with Crippen LogP contribution in [0, 0.1) is 54.1 Å². The molecule has 4 aliphatic carbocycles. The molecule has 0 radical (unpaired) electrons. The molecule has 2 unspecified atom stereocenters. The normalized spacial score (nSPS) is 40.2. The predicted molar refractivity (Wildman–Crippen MR) is 162 cm³/mol. The van der Waals surface area contributed by atoms with Gasteiger partial charge in [0.2, 0.25) is 0 Å². The number of nitrogens with zero attached hydrogens (tertiary/aromatic N) is 3. The Balaban J connectivity index is 1.90. The average molecular weight is 572 g/mol. The fourth-order valence-corrected chi connectivity index (χ4v) is 9.25. The second-order valence-corrected chi connectivity index (χ2v) is 13.1. The number of Topliss-reactive ketones (excluding diaryl/α,β-unsaturated/α-hetero) is 2. The van der Waals surface area contributed by atoms with Crippen LogP contribution in [0.3, 0.4) is 0 Å². The number of aliphatic hydroxyl groups excluding tert-OH is 1. The first-order chi connectivity index (χ1) is 19.7. The standard InChI is InChI=1S/C34H40N3O5/c1-10-22(13-12-20(3)21(4)29(41)42)32(35-7)16-17-33(36-8)28-26(40)19-34(37-9)23(11-2)24(38)14-15-30(34,5)27(28)25(39)18-31(32,33)6/h2,7-8,10,21-23,26,40H,1,3,9,12-19H2,4-6H3/q+1/p+1/t21?,22-,23-,26?,30-,31-,32+,33-,34-/m1/s1. The number of carbonyl (C=O) groups is 3. The van der Waals surface area contributed by atoms with E-state index in [-0.39, 0.29) is 36.7 Å². The van der Waals surface area contributed by atoms with E-state index in [2.05, 4.69) is 40.5 Å². The second kappa shape index (κ2) is 10.2. The summed E-state index contributed by atoms with van der Waals surface area (Å²) >= 11 is 0. The summed E-state index contributed by atoms with van der Waals surface area (Å²) in [7, 11) is 0. The van der Waals surface area contributed by atoms with Crippen LogP contribution in [0.15, 0.2) is 40.9 Å². The zero-order valence-corrected chi connectivity index (χ0v) is 24.9. The van der Waals surface area contributed by atoms with Crippen LogP contribution < -0.4 is 0 Å². The minimum Gasteiger partial charge on any atom is -0.481 e. The molecule has 4 rings (SSSR count). The number of ketones is 2. The van der Waals surface area contributed by atoms with Gasteiger partial charge in [-0.2, -0.15) is 0 Å². The number of fused-ring (bicyclic) bond motifs is 4. The molecule has 0 amide bonds. The maximum atomic E-state index is 14.5. The summed E-state index contributed by atoms with van der Waals surface area (Å²) < 4.78 is 0. The Bertz CT molecular complexity index is 1460. The first kappa shape index (κ1) is 31.1. The highest BCUT2D eigenvalue weighted by Crippen LogP contribution is 2.71. The zero-order valence-electron chi connectivity index (χ0n) is 24.9. The number of carbonyl (C=O) groups excluding carboxylic acids is 2. The Labute approximate surface area is 248 Å². The van der Waals surface area contributed by atoms with E-state index in [1.54, 1.807) is 13.0 Å². The Morgan fingerprint density at radius 1 is 1.24 bits per heavy atom. The lowest BCUT2D eigenvalue weighted by Crippen LogP contribution is -2.67. The minimum atomic E-state index is -1.26. The predicted octanol–water partition coefficient (Wildman–Crippen LogP) is 5.14. The summed E-state index contributed by atoms with van der Waals surface area (Å²) in [5, 5.41) is 21.4. The van der Waals surface area contributed by atoms with Gasteiger partial charge >= 0.3 is 17.0 Å². The molecule has 8 heteroatoms. The van der Waals surface area contributed by atoms with Crippen molar-refractivity contribution in [3.8, 4) is 25.5 Å². The second-order valence-electron chi connectivity index (χ2n) is 13.1. The molecule has 4 aliphatic rings. The minimum absolute atomic E-state index is 0.00236. The molecule has 9 atom stereocenters. The number of hydrogen-bond donors (Lipinski definition) is 2. The lowest BCUT2D eigenvalue weighted by atomic mass is 9.43. The monoisotopic (exact) mass is 571 g/mol. The number of carboxylic acids is 1. The summed E-state index contributed by atoms with van der Waals surface area (Å²) in [6, 6.07) is 0. The molecule has 0 heterocycles. The molecular formula is C34H41N3O5+2. The molecule has 2 fully saturated rings. The molecule has 42 heavy (non-hydrogen) atoms. The van der Waals surface area contributed by atoms with E-state index in [0.717, 1.165) is 0 Å². The molecule has 0 aromatic carbocycles. The van der Waals surface area contributed by atoms with Crippen molar-refractivity contribution in [2.75, 3.05) is 0 Å². The maximum absolute atomic E-state index is 14.5. The van der Waals surface area contributed by atoms with Crippen molar-refractivity contribution < 1.29 is 24.6 Å². The van der Waals surface area contributed by atoms with Crippen LogP contribution in [0.4, 0.5) is 0 Å². The SMILES string of the molecule is C#C[C@@H]1C(=O)CC[C@]2(C)C3=C(C(O)C[C@@]12N=C)[C@]1([N+]#C)CC[C@]([N+]#C)([C@H](C=C)CCC(=C)C(C)C(=O)O)[C@@]1(C)CC3=O. The van der Waals surface area contributed by atoms with Crippen LogP contribution in [-0.2, 0) is 14.4 Å². The Kier molecular flexibility index (Phi) is 7.55. The molecule has 2 saturated carbocycles. The van der Waals surface area contributed by atoms with Crippen LogP contribution >= 0.6 is 0 Å². The third-order valence-corrected chi connectivity index (χ3v) is 11.8. The molecule has 2 N–H and O–H groups in total. The highest BCUT2D eigenvalue weighted by molar-refractivity contribution is 6.02. The molecule has 0 bridgehead atoms. The number of terminal acetylenes is 1. The Morgan fingerprint density at radius 3 is 2.43 bits per heavy atom. The molecule has 0 aromatic heterocycles. The molecule has 0 aromatic rings. The number of aliphatic hydroxyl groups is 1. The Hall–Kier alpha value is -3.80. The molecule has 220 valence electrons. The third kappa shape index (κ3) is 3.56. The maximum Gasteiger partial charge on any atom is 0.318 e. The van der Waals surface area contributed by atoms with Gasteiger partial charge < -0.3 is 10.2 Å². The van der Waals surface area contributed by atoms with Crippen LogP contribution in [0.5, 0.6) is 0 Å². The van der Waals surface area contributed by atoms with Crippen molar-refractivity contribution in [3.05, 3.63) is 45.6 Å². The molecule has 0 saturated heterocycles. The van der Waals surface area contributed by atoms with Crippen LogP contribution in [0.25, 0.3) is 9.69 Å². The number of hydrogen-bond acceptors (Lipinski definition) is 5. The van der Waals surface area contributed by atoms with Crippen molar-refractivity contribution in [2.24, 2.45) is 33.6 Å². The lowest BCUT2D eigenvalue weighted by Gasteiger charge is -2.58. The highest BCUT2D eigenvalue weighted by Gasteiger charge is 2.85. The zero-order chi connectivity index (χ0) is 31.5. The molecule has 0 spiro atoms. The van der Waals surface area contributed by atoms with Crippen LogP contribution in [0.2, 0.25) is 0 Å². The lowest BCUT2D eigenvalue weighted by molar-refractivity contribution is -0.140. The topological polar surface area (TPSA) is 113 Å². The number of carboxylic acid groups (broad SMARTS) is 1. The quantitative estimate of drug-likeness (QED) is 0.238. The van der Waals surface area contributed by atoms with Crippen molar-refractivity contribution in [1.82, 2.24) is 0 Å². The fraction of sp³-hybridized carbons (Fsp3) is 0.588. The van der Waals surface area contributed by atoms with E-state index in [0.29, 0.717) is 48.8 Å². The van der Waals surface area contributed by atoms with E-state index in [9.17, 15) is 24.6 Å². The first-order valence-corrected chi connectivity index (χ1v) is 14.5. The average Bonchev–Trinajstić information content (AvgIpc) is 3.22. The highest BCUT2D eigenvalue weighted by atomic mass is 16.4. The van der Waals surface area contributed by atoms with Gasteiger partial charge in [-0.3, -0.25) is 19.4 Å². The van der Waals surface area contributed by atoms with Gasteiger partial charge in [-0.1, -0.05) is 40.8 Å². The van der Waals surface area contributed by atoms with Crippen LogP contribution in [0.1, 0.15) is 72.1 Å². The first-order valence-electron chi connectivity index (χ1n) is 14.5. The van der Waals surface area contributed by atoms with E-state index in [4.69, 9.17) is 19.6 Å². The van der Waals surface area contributed by atoms with Crippen LogP contribution in [-0.4, -0.2) is 57.2 Å². The van der Waals surface area contributed by atoms with Gasteiger partial charge in [0.1, 0.15) is 17.1 Å². The largest absolute Gasteiger partial charge is 0.481 e. The van der Waals surface area contributed by atoms with E-state index in [1.807, 2.05) is 13.8 Å². The van der Waals surface area contributed by atoms with Gasteiger partial charge in [-0.05, 0) is 39.8 Å². The van der Waals surface area contributed by atoms with E-state index >= 15 is 0 Å². The number of aliphatic imine (C=N–C) groups is 1. The fourth-order valence-electron chi connectivity index (χ4n) is 9.25. The molecular weight excluding hydrogens is 530 g/mol. The number of rotatable bonds is 8. The summed E-state index contributed by atoms with van der Waals surface area (Å²) in [5.74, 6) is -0.757. The van der Waals surface area contributed by atoms with Crippen molar-refractivity contribution >= 4 is 24.3 Å². The van der Waals surface area contributed by atoms with Gasteiger partial charge in [0.25, 0.3) is 13.1 Å². The van der Waals surface area contributed by atoms with E-state index in [1.165, 1.54) is 0 Å². The van der Waals surface area contributed by atoms with Gasteiger partial charge in [-0.25, -0.2) is 0 Å². The van der Waals surface area contributed by atoms with E-state index < -0.39 is 51.4 Å². The summed E-state index contributed by atoms with van der Waals surface area (Å²) in [5.41, 5.74) is -4.14. The molecule has 0 aliphatic heterocycles. The smallest absolute Gasteiger partial charge is 0.318 e. The summed E-state index contributed by atoms with van der Waals surface area (Å²) in [6.07, 6.45) is 8.47. The molecule has 8 nitrogen and oxygen atoms in total. The van der Waals surface area contributed by atoms with Gasteiger partial charge in [0.15, 0.2) is 5.78 Å². The van der Waals surface area contributed by atoms with Crippen molar-refractivity contribution in [2.45, 2.75) is 94.9 Å². The summed E-state index contributed by atoms with van der Waals surface area (Å²) in [6.45, 7) is 29.8. The van der Waals surface area contributed by atoms with Gasteiger partial charge in [0, 0.05) is 43.1 Å². The summed E-state index contributed by atoms with van der Waals surface area (Å²) in [4.78, 5) is 52.4. The number of aliphatic carboxylic acids is 1.